The van der Waals surface area contributed by atoms with Crippen molar-refractivity contribution < 1.29 is 27.9 Å². The molecule has 46 heavy (non-hydrogen) atoms. The van der Waals surface area contributed by atoms with Crippen LogP contribution in [0.2, 0.25) is 0 Å². The van der Waals surface area contributed by atoms with Gasteiger partial charge in [0.1, 0.15) is 11.9 Å². The van der Waals surface area contributed by atoms with E-state index in [9.17, 15) is 23.1 Å². The zero-order valence-electron chi connectivity index (χ0n) is 26.9. The van der Waals surface area contributed by atoms with Crippen LogP contribution in [0.5, 0.6) is 5.75 Å². The van der Waals surface area contributed by atoms with Gasteiger partial charge < -0.3 is 24.6 Å². The van der Waals surface area contributed by atoms with E-state index in [1.54, 1.807) is 54.3 Å². The van der Waals surface area contributed by atoms with Crippen LogP contribution in [0.1, 0.15) is 30.5 Å². The molecule has 2 heterocycles. The Morgan fingerprint density at radius 2 is 1.85 bits per heavy atom. The molecule has 11 heteroatoms. The van der Waals surface area contributed by atoms with E-state index in [1.807, 2.05) is 55.9 Å². The summed E-state index contributed by atoms with van der Waals surface area (Å²) < 4.78 is 36.7. The lowest BCUT2D eigenvalue weighted by Crippen LogP contribution is -2.48. The first-order valence-electron chi connectivity index (χ1n) is 15.4. The summed E-state index contributed by atoms with van der Waals surface area (Å²) in [7, 11) is -0.338. The van der Waals surface area contributed by atoms with Crippen LogP contribution < -0.4 is 10.1 Å². The number of para-hydroxylation sites is 1. The molecule has 0 spiro atoms. The minimum absolute atomic E-state index is 0.0103. The van der Waals surface area contributed by atoms with E-state index in [0.29, 0.717) is 17.0 Å². The molecule has 0 aliphatic carbocycles. The highest BCUT2D eigenvalue weighted by Crippen LogP contribution is 2.30. The van der Waals surface area contributed by atoms with Gasteiger partial charge in [-0.15, -0.1) is 0 Å². The summed E-state index contributed by atoms with van der Waals surface area (Å²) in [5, 5.41) is 13.9. The van der Waals surface area contributed by atoms with Gasteiger partial charge in [0, 0.05) is 54.9 Å². The number of anilines is 1. The number of nitrogens with one attached hydrogen (secondary N) is 1. The maximum Gasteiger partial charge on any atom is 0.242 e. The molecule has 1 aromatic heterocycles. The number of hydrogen-bond acceptors (Lipinski definition) is 6. The van der Waals surface area contributed by atoms with Crippen molar-refractivity contribution in [1.29, 1.82) is 0 Å². The van der Waals surface area contributed by atoms with Gasteiger partial charge in [0.2, 0.25) is 21.8 Å². The zero-order valence-corrected chi connectivity index (χ0v) is 27.8. The smallest absolute Gasteiger partial charge is 0.242 e. The average molecular weight is 647 g/mol. The molecule has 1 aliphatic rings. The Morgan fingerprint density at radius 1 is 1.13 bits per heavy atom. The minimum atomic E-state index is -3.81. The highest BCUT2D eigenvalue weighted by molar-refractivity contribution is 7.89. The number of aliphatic hydroxyl groups excluding tert-OH is 1. The van der Waals surface area contributed by atoms with E-state index < -0.39 is 22.2 Å². The van der Waals surface area contributed by atoms with E-state index in [-0.39, 0.29) is 55.2 Å². The molecule has 2 N–H and O–H groups in total. The van der Waals surface area contributed by atoms with Gasteiger partial charge >= 0.3 is 0 Å². The van der Waals surface area contributed by atoms with Crippen LogP contribution in [-0.2, 0) is 39.5 Å². The third-order valence-corrected chi connectivity index (χ3v) is 10.5. The number of benzene rings is 3. The molecule has 0 unspecified atom stereocenters. The van der Waals surface area contributed by atoms with Crippen LogP contribution in [0.25, 0.3) is 10.9 Å². The molecule has 5 rings (SSSR count). The van der Waals surface area contributed by atoms with Gasteiger partial charge in [0.25, 0.3) is 0 Å². The van der Waals surface area contributed by atoms with Crippen LogP contribution in [0.3, 0.4) is 0 Å². The van der Waals surface area contributed by atoms with Crippen molar-refractivity contribution in [2.24, 2.45) is 13.0 Å². The quantitative estimate of drug-likeness (QED) is 0.282. The molecule has 4 aromatic rings. The van der Waals surface area contributed by atoms with Crippen molar-refractivity contribution in [3.8, 4) is 5.75 Å². The number of aromatic nitrogens is 1. The summed E-state index contributed by atoms with van der Waals surface area (Å²) >= 11 is 0. The summed E-state index contributed by atoms with van der Waals surface area (Å²) in [4.78, 5) is 28.6. The van der Waals surface area contributed by atoms with Crippen LogP contribution in [0.15, 0.2) is 77.8 Å². The Hall–Kier alpha value is -4.19. The van der Waals surface area contributed by atoms with E-state index >= 15 is 0 Å². The van der Waals surface area contributed by atoms with Gasteiger partial charge in [-0.1, -0.05) is 42.8 Å². The van der Waals surface area contributed by atoms with Crippen LogP contribution in [0.4, 0.5) is 5.69 Å². The van der Waals surface area contributed by atoms with Crippen molar-refractivity contribution in [1.82, 2.24) is 13.8 Å². The van der Waals surface area contributed by atoms with Gasteiger partial charge in [-0.25, -0.2) is 8.42 Å². The van der Waals surface area contributed by atoms with Crippen LogP contribution in [-0.4, -0.2) is 78.0 Å². The Bertz CT molecular complexity index is 1840. The SMILES string of the molecule is Cc1ccc(S(=O)(=O)N(C)C[C@H]2Oc3ccc(NC(=O)Cc4cn(C)c5ccccc45)cc3CC(=O)N([C@@H](C)CO)C[C@H]2C)cc1. The minimum Gasteiger partial charge on any atom is -0.488 e. The summed E-state index contributed by atoms with van der Waals surface area (Å²) in [5.41, 5.74) is 3.99. The predicted molar refractivity (Wildman–Crippen MR) is 178 cm³/mol. The second-order valence-electron chi connectivity index (χ2n) is 12.3. The van der Waals surface area contributed by atoms with Crippen molar-refractivity contribution in [2.45, 2.75) is 50.7 Å². The molecular formula is C35H42N4O6S. The van der Waals surface area contributed by atoms with Gasteiger partial charge in [-0.2, -0.15) is 4.31 Å². The summed E-state index contributed by atoms with van der Waals surface area (Å²) in [6, 6.07) is 19.3. The van der Waals surface area contributed by atoms with Gasteiger partial charge in [0.05, 0.1) is 36.9 Å². The summed E-state index contributed by atoms with van der Waals surface area (Å²) in [6.45, 7) is 5.67. The molecule has 244 valence electrons. The lowest BCUT2D eigenvalue weighted by atomic mass is 10.0. The fourth-order valence-electron chi connectivity index (χ4n) is 5.91. The van der Waals surface area contributed by atoms with E-state index in [0.717, 1.165) is 22.0 Å². The van der Waals surface area contributed by atoms with Crippen molar-refractivity contribution in [3.05, 3.63) is 89.6 Å². The van der Waals surface area contributed by atoms with Gasteiger partial charge in [-0.05, 0) is 55.8 Å². The number of amides is 2. The maximum atomic E-state index is 13.6. The third kappa shape index (κ3) is 7.11. The van der Waals surface area contributed by atoms with Crippen molar-refractivity contribution >= 4 is 38.4 Å². The number of nitrogens with zero attached hydrogens (tertiary/aromatic N) is 3. The molecule has 2 amide bonds. The number of likely N-dealkylation sites (N-methyl/N-ethyl adjacent to an activating group) is 1. The molecule has 10 nitrogen and oxygen atoms in total. The highest BCUT2D eigenvalue weighted by Gasteiger charge is 2.33. The number of hydrogen-bond donors (Lipinski definition) is 2. The van der Waals surface area contributed by atoms with Gasteiger partial charge in [0.15, 0.2) is 0 Å². The van der Waals surface area contributed by atoms with E-state index in [2.05, 4.69) is 5.32 Å². The number of fused-ring (bicyclic) bond motifs is 2. The first-order chi connectivity index (χ1) is 21.9. The maximum absolute atomic E-state index is 13.6. The van der Waals surface area contributed by atoms with Gasteiger partial charge in [-0.3, -0.25) is 9.59 Å². The number of aryl methyl sites for hydroxylation is 2. The Kier molecular flexibility index (Phi) is 9.85. The Labute approximate surface area is 270 Å². The second kappa shape index (κ2) is 13.7. The predicted octanol–water partition coefficient (Wildman–Crippen LogP) is 4.14. The number of aliphatic hydroxyl groups is 1. The first kappa shape index (κ1) is 33.2. The number of carbonyl (C=O) groups excluding carboxylic acids is 2. The van der Waals surface area contributed by atoms with E-state index in [4.69, 9.17) is 4.74 Å². The summed E-state index contributed by atoms with van der Waals surface area (Å²) in [6.07, 6.45) is 1.51. The third-order valence-electron chi connectivity index (χ3n) is 8.70. The molecule has 3 aromatic carbocycles. The monoisotopic (exact) mass is 646 g/mol. The number of carbonyl (C=O) groups is 2. The lowest BCUT2D eigenvalue weighted by Gasteiger charge is -2.33. The molecule has 0 saturated carbocycles. The molecule has 0 bridgehead atoms. The Morgan fingerprint density at radius 3 is 2.57 bits per heavy atom. The number of rotatable bonds is 9. The highest BCUT2D eigenvalue weighted by atomic mass is 32.2. The van der Waals surface area contributed by atoms with Crippen LogP contribution >= 0.6 is 0 Å². The number of sulfonamides is 1. The Balaban J connectivity index is 1.41. The molecular weight excluding hydrogens is 604 g/mol. The average Bonchev–Trinajstić information content (AvgIpc) is 3.35. The standard InChI is InChI=1S/C35H42N4O6S/c1-23-10-13-29(14-11-23)46(43,44)38(5)21-33-24(2)19-39(25(3)22-40)35(42)18-26-16-28(12-15-32(26)45-33)36-34(41)17-27-20-37(4)31-9-7-6-8-30(27)31/h6-16,20,24-25,33,40H,17-19,21-22H2,1-5H3,(H,36,41)/t24-,25+,33-/m1/s1. The van der Waals surface area contributed by atoms with Crippen molar-refractivity contribution in [2.75, 3.05) is 32.1 Å². The molecule has 3 atom stereocenters. The molecule has 0 fully saturated rings. The number of ether oxygens (including phenoxy) is 1. The van der Waals surface area contributed by atoms with Crippen LogP contribution in [0, 0.1) is 12.8 Å². The zero-order chi connectivity index (χ0) is 33.2. The largest absolute Gasteiger partial charge is 0.488 e. The molecule has 1 aliphatic heterocycles. The normalized spacial score (nSPS) is 18.0. The van der Waals surface area contributed by atoms with Crippen molar-refractivity contribution in [3.63, 3.8) is 0 Å². The fraction of sp³-hybridized carbons (Fsp3) is 0.371. The summed E-state index contributed by atoms with van der Waals surface area (Å²) in [5.74, 6) is -0.230. The molecule has 0 saturated heterocycles. The fourth-order valence-corrected chi connectivity index (χ4v) is 7.09. The topological polar surface area (TPSA) is 121 Å². The second-order valence-corrected chi connectivity index (χ2v) is 14.4. The lowest BCUT2D eigenvalue weighted by molar-refractivity contribution is -0.134. The van der Waals surface area contributed by atoms with E-state index in [1.165, 1.54) is 11.4 Å². The first-order valence-corrected chi connectivity index (χ1v) is 16.9. The molecule has 0 radical (unpaired) electrons.